The van der Waals surface area contributed by atoms with E-state index in [1.54, 1.807) is 0 Å². The van der Waals surface area contributed by atoms with Crippen LogP contribution >= 0.6 is 11.6 Å². The number of rotatable bonds is 7. The fraction of sp³-hybridized carbons (Fsp3) is 0.400. The minimum absolute atomic E-state index is 0.365. The van der Waals surface area contributed by atoms with Crippen LogP contribution in [0.1, 0.15) is 30.9 Å². The van der Waals surface area contributed by atoms with Gasteiger partial charge in [-0.15, -0.1) is 0 Å². The van der Waals surface area contributed by atoms with E-state index in [2.05, 4.69) is 24.3 Å². The molecule has 0 unspecified atom stereocenters. The maximum Gasteiger partial charge on any atom is 0.174 e. The summed E-state index contributed by atoms with van der Waals surface area (Å²) in [4.78, 5) is 0. The van der Waals surface area contributed by atoms with Crippen molar-refractivity contribution in [2.75, 3.05) is 6.54 Å². The molecule has 2 rings (SSSR count). The Balaban J connectivity index is 1.93. The van der Waals surface area contributed by atoms with Crippen LogP contribution in [0.2, 0.25) is 5.02 Å². The van der Waals surface area contributed by atoms with E-state index < -0.39 is 0 Å². The van der Waals surface area contributed by atoms with E-state index in [4.69, 9.17) is 20.9 Å². The van der Waals surface area contributed by atoms with Gasteiger partial charge in [-0.2, -0.15) is 0 Å². The molecule has 0 aliphatic rings. The third kappa shape index (κ3) is 3.99. The Hall–Kier alpha value is -1.52. The molecule has 0 bridgehead atoms. The molecule has 0 spiro atoms. The summed E-state index contributed by atoms with van der Waals surface area (Å²) in [5.74, 6) is 1.50. The number of ether oxygens (including phenoxy) is 1. The van der Waals surface area contributed by atoms with E-state index in [9.17, 15) is 0 Å². The summed E-state index contributed by atoms with van der Waals surface area (Å²) in [6.45, 7) is 6.10. The van der Waals surface area contributed by atoms with Crippen LogP contribution in [0.4, 0.5) is 0 Å². The van der Waals surface area contributed by atoms with Crippen molar-refractivity contribution in [3.8, 4) is 5.75 Å². The highest BCUT2D eigenvalue weighted by Crippen LogP contribution is 2.23. The number of hydrogen-bond acceptors (Lipinski definition) is 4. The molecule has 5 heteroatoms. The summed E-state index contributed by atoms with van der Waals surface area (Å²) in [6, 6.07) is 7.57. The molecule has 1 heterocycles. The van der Waals surface area contributed by atoms with Gasteiger partial charge >= 0.3 is 0 Å². The van der Waals surface area contributed by atoms with Crippen molar-refractivity contribution in [3.63, 3.8) is 0 Å². The number of aromatic nitrogens is 1. The fourth-order valence-corrected chi connectivity index (χ4v) is 2.08. The van der Waals surface area contributed by atoms with E-state index in [1.165, 1.54) is 0 Å². The zero-order valence-electron chi connectivity index (χ0n) is 11.8. The van der Waals surface area contributed by atoms with Crippen molar-refractivity contribution in [2.24, 2.45) is 0 Å². The van der Waals surface area contributed by atoms with Gasteiger partial charge in [-0.1, -0.05) is 30.6 Å². The number of nitrogens with one attached hydrogen (secondary N) is 1. The summed E-state index contributed by atoms with van der Waals surface area (Å²) in [6.07, 6.45) is 0.880. The molecule has 0 aliphatic heterocycles. The van der Waals surface area contributed by atoms with Crippen LogP contribution in [0, 0.1) is 0 Å². The number of aryl methyl sites for hydroxylation is 1. The second-order valence-electron chi connectivity index (χ2n) is 4.46. The minimum Gasteiger partial charge on any atom is -0.486 e. The fourth-order valence-electron chi connectivity index (χ4n) is 1.83. The highest BCUT2D eigenvalue weighted by Gasteiger charge is 2.06. The summed E-state index contributed by atoms with van der Waals surface area (Å²) < 4.78 is 10.9. The predicted molar refractivity (Wildman–Crippen MR) is 79.0 cm³/mol. The number of hydrogen-bond donors (Lipinski definition) is 1. The minimum atomic E-state index is 0.365. The van der Waals surface area contributed by atoms with Crippen LogP contribution in [0.25, 0.3) is 0 Å². The van der Waals surface area contributed by atoms with Gasteiger partial charge in [-0.3, -0.25) is 0 Å². The molecule has 0 saturated heterocycles. The maximum absolute atomic E-state index is 6.07. The number of nitrogens with zero attached hydrogens (tertiary/aromatic N) is 1. The monoisotopic (exact) mass is 294 g/mol. The van der Waals surface area contributed by atoms with Gasteiger partial charge in [0.25, 0.3) is 0 Å². The third-order valence-electron chi connectivity index (χ3n) is 2.94. The van der Waals surface area contributed by atoms with Gasteiger partial charge in [0.05, 0.1) is 5.69 Å². The van der Waals surface area contributed by atoms with Crippen molar-refractivity contribution in [2.45, 2.75) is 33.4 Å². The molecule has 0 saturated carbocycles. The molecule has 0 fully saturated rings. The molecule has 20 heavy (non-hydrogen) atoms. The molecule has 108 valence electrons. The highest BCUT2D eigenvalue weighted by atomic mass is 35.5. The lowest BCUT2D eigenvalue weighted by atomic mass is 10.1. The smallest absolute Gasteiger partial charge is 0.174 e. The Morgan fingerprint density at radius 3 is 2.90 bits per heavy atom. The van der Waals surface area contributed by atoms with E-state index in [0.717, 1.165) is 35.0 Å². The van der Waals surface area contributed by atoms with Crippen LogP contribution in [-0.4, -0.2) is 11.7 Å². The molecular weight excluding hydrogens is 276 g/mol. The van der Waals surface area contributed by atoms with Crippen molar-refractivity contribution in [3.05, 3.63) is 46.3 Å². The normalized spacial score (nSPS) is 10.8. The lowest BCUT2D eigenvalue weighted by Gasteiger charge is -2.06. The molecular formula is C15H19ClN2O2. The standard InChI is InChI=1S/C15H19ClN2O2/c1-3-11-7-13(5-6-15(11)16)19-10-14-8-12(18-20-14)9-17-4-2/h5-8,17H,3-4,9-10H2,1-2H3. The lowest BCUT2D eigenvalue weighted by Crippen LogP contribution is -2.11. The second kappa shape index (κ2) is 7.31. The molecule has 0 radical (unpaired) electrons. The Morgan fingerprint density at radius 2 is 2.15 bits per heavy atom. The predicted octanol–water partition coefficient (Wildman–Crippen LogP) is 3.58. The van der Waals surface area contributed by atoms with Crippen LogP contribution < -0.4 is 10.1 Å². The van der Waals surface area contributed by atoms with Gasteiger partial charge in [-0.05, 0) is 36.7 Å². The average Bonchev–Trinajstić information content (AvgIpc) is 2.92. The third-order valence-corrected chi connectivity index (χ3v) is 3.31. The van der Waals surface area contributed by atoms with Gasteiger partial charge in [0, 0.05) is 17.6 Å². The molecule has 0 atom stereocenters. The molecule has 1 N–H and O–H groups in total. The highest BCUT2D eigenvalue weighted by molar-refractivity contribution is 6.31. The van der Waals surface area contributed by atoms with Crippen molar-refractivity contribution in [1.29, 1.82) is 0 Å². The summed E-state index contributed by atoms with van der Waals surface area (Å²) >= 11 is 6.07. The van der Waals surface area contributed by atoms with E-state index in [1.807, 2.05) is 24.3 Å². The number of halogens is 1. The quantitative estimate of drug-likeness (QED) is 0.848. The first-order valence-electron chi connectivity index (χ1n) is 6.79. The summed E-state index contributed by atoms with van der Waals surface area (Å²) in [5.41, 5.74) is 1.96. The molecule has 2 aromatic rings. The van der Waals surface area contributed by atoms with E-state index in [-0.39, 0.29) is 0 Å². The van der Waals surface area contributed by atoms with Gasteiger partial charge in [0.15, 0.2) is 5.76 Å². The molecule has 0 amide bonds. The van der Waals surface area contributed by atoms with Crippen molar-refractivity contribution < 1.29 is 9.26 Å². The summed E-state index contributed by atoms with van der Waals surface area (Å²) in [7, 11) is 0. The first-order chi connectivity index (χ1) is 9.72. The Morgan fingerprint density at radius 1 is 1.30 bits per heavy atom. The van der Waals surface area contributed by atoms with E-state index >= 15 is 0 Å². The first-order valence-corrected chi connectivity index (χ1v) is 7.17. The van der Waals surface area contributed by atoms with Crippen molar-refractivity contribution in [1.82, 2.24) is 10.5 Å². The van der Waals surface area contributed by atoms with Crippen LogP contribution in [0.3, 0.4) is 0 Å². The largest absolute Gasteiger partial charge is 0.486 e. The molecule has 1 aromatic carbocycles. The van der Waals surface area contributed by atoms with Crippen LogP contribution in [0.5, 0.6) is 5.75 Å². The lowest BCUT2D eigenvalue weighted by molar-refractivity contribution is 0.248. The summed E-state index contributed by atoms with van der Waals surface area (Å²) in [5, 5.41) is 7.94. The second-order valence-corrected chi connectivity index (χ2v) is 4.87. The zero-order valence-corrected chi connectivity index (χ0v) is 12.5. The van der Waals surface area contributed by atoms with Gasteiger partial charge in [-0.25, -0.2) is 0 Å². The molecule has 0 aliphatic carbocycles. The van der Waals surface area contributed by atoms with Crippen LogP contribution in [0.15, 0.2) is 28.8 Å². The maximum atomic E-state index is 6.07. The Kier molecular flexibility index (Phi) is 5.44. The average molecular weight is 295 g/mol. The van der Waals surface area contributed by atoms with Crippen LogP contribution in [-0.2, 0) is 19.6 Å². The molecule has 4 nitrogen and oxygen atoms in total. The van der Waals surface area contributed by atoms with Gasteiger partial charge in [0.1, 0.15) is 12.4 Å². The SMILES string of the molecule is CCNCc1cc(COc2ccc(Cl)c(CC)c2)on1. The van der Waals surface area contributed by atoms with Gasteiger partial charge < -0.3 is 14.6 Å². The van der Waals surface area contributed by atoms with Crippen molar-refractivity contribution >= 4 is 11.6 Å². The zero-order chi connectivity index (χ0) is 14.4. The Labute approximate surface area is 124 Å². The van der Waals surface area contributed by atoms with Gasteiger partial charge in [0.2, 0.25) is 0 Å². The van der Waals surface area contributed by atoms with E-state index in [0.29, 0.717) is 18.9 Å². The number of benzene rings is 1. The first kappa shape index (κ1) is 14.9. The molecule has 1 aromatic heterocycles. The topological polar surface area (TPSA) is 47.3 Å². The Bertz CT molecular complexity index is 555.